The molecule has 0 spiro atoms. The molecule has 0 heterocycles. The predicted molar refractivity (Wildman–Crippen MR) is 88.0 cm³/mol. The van der Waals surface area contributed by atoms with Crippen LogP contribution in [-0.2, 0) is 11.3 Å². The van der Waals surface area contributed by atoms with Gasteiger partial charge in [0.2, 0.25) is 0 Å². The van der Waals surface area contributed by atoms with Crippen LogP contribution in [0.5, 0.6) is 5.75 Å². The Balaban J connectivity index is 2.85. The first-order chi connectivity index (χ1) is 10.1. The van der Waals surface area contributed by atoms with Crippen molar-refractivity contribution in [2.75, 3.05) is 46.8 Å². The second-order valence-electron chi connectivity index (χ2n) is 5.50. The first kappa shape index (κ1) is 17.8. The number of methoxy groups -OCH3 is 2. The largest absolute Gasteiger partial charge is 0.495 e. The van der Waals surface area contributed by atoms with Gasteiger partial charge in [-0.3, -0.25) is 0 Å². The Hall–Kier alpha value is -1.30. The molecule has 1 aromatic carbocycles. The van der Waals surface area contributed by atoms with Gasteiger partial charge in [0, 0.05) is 19.7 Å². The molecular weight excluding hydrogens is 266 g/mol. The van der Waals surface area contributed by atoms with Gasteiger partial charge in [-0.25, -0.2) is 0 Å². The van der Waals surface area contributed by atoms with Crippen LogP contribution in [0, 0.1) is 0 Å². The van der Waals surface area contributed by atoms with E-state index >= 15 is 0 Å². The molecule has 0 saturated heterocycles. The van der Waals surface area contributed by atoms with E-state index in [-0.39, 0.29) is 6.04 Å². The van der Waals surface area contributed by atoms with E-state index in [0.29, 0.717) is 13.2 Å². The van der Waals surface area contributed by atoms with Crippen molar-refractivity contribution in [2.24, 2.45) is 5.73 Å². The van der Waals surface area contributed by atoms with Gasteiger partial charge in [-0.05, 0) is 51.2 Å². The van der Waals surface area contributed by atoms with Gasteiger partial charge in [0.15, 0.2) is 0 Å². The second-order valence-corrected chi connectivity index (χ2v) is 5.50. The summed E-state index contributed by atoms with van der Waals surface area (Å²) in [6.07, 6.45) is 1.95. The van der Waals surface area contributed by atoms with Gasteiger partial charge in [0.25, 0.3) is 0 Å². The quantitative estimate of drug-likeness (QED) is 0.690. The zero-order chi connectivity index (χ0) is 15.7. The summed E-state index contributed by atoms with van der Waals surface area (Å²) in [7, 11) is 7.53. The van der Waals surface area contributed by atoms with E-state index < -0.39 is 0 Å². The maximum absolute atomic E-state index is 5.60. The third kappa shape index (κ3) is 6.33. The fourth-order valence-electron chi connectivity index (χ4n) is 2.31. The van der Waals surface area contributed by atoms with Crippen LogP contribution >= 0.6 is 0 Å². The number of hydrogen-bond donors (Lipinski definition) is 2. The molecule has 0 radical (unpaired) electrons. The minimum absolute atomic E-state index is 0.238. The van der Waals surface area contributed by atoms with Crippen molar-refractivity contribution in [3.05, 3.63) is 23.8 Å². The Morgan fingerprint density at radius 1 is 1.29 bits per heavy atom. The number of nitrogens with two attached hydrogens (primary N) is 1. The number of ether oxygens (including phenoxy) is 2. The standard InChI is InChI=1S/C16H29N3O2/c1-19(2)11-13-7-8-16(21-4)15(10-13)18-14(12-20-3)6-5-9-17/h7-8,10,14,18H,5-6,9,11-12,17H2,1-4H3. The van der Waals surface area contributed by atoms with E-state index in [1.165, 1.54) is 5.56 Å². The maximum Gasteiger partial charge on any atom is 0.141 e. The molecule has 120 valence electrons. The van der Waals surface area contributed by atoms with Crippen molar-refractivity contribution < 1.29 is 9.47 Å². The molecule has 5 heteroatoms. The van der Waals surface area contributed by atoms with Crippen LogP contribution in [0.2, 0.25) is 0 Å². The minimum atomic E-state index is 0.238. The number of rotatable bonds is 10. The summed E-state index contributed by atoms with van der Waals surface area (Å²) in [6, 6.07) is 6.48. The summed E-state index contributed by atoms with van der Waals surface area (Å²) in [5.41, 5.74) is 7.86. The van der Waals surface area contributed by atoms with Crippen LogP contribution in [0.1, 0.15) is 18.4 Å². The Morgan fingerprint density at radius 2 is 2.05 bits per heavy atom. The fourth-order valence-corrected chi connectivity index (χ4v) is 2.31. The lowest BCUT2D eigenvalue weighted by atomic mass is 10.1. The monoisotopic (exact) mass is 295 g/mol. The summed E-state index contributed by atoms with van der Waals surface area (Å²) >= 11 is 0. The topological polar surface area (TPSA) is 59.8 Å². The number of benzene rings is 1. The van der Waals surface area contributed by atoms with Crippen LogP contribution in [0.15, 0.2) is 18.2 Å². The highest BCUT2D eigenvalue weighted by atomic mass is 16.5. The van der Waals surface area contributed by atoms with Crippen molar-refractivity contribution >= 4 is 5.69 Å². The van der Waals surface area contributed by atoms with Crippen LogP contribution in [0.25, 0.3) is 0 Å². The molecule has 0 fully saturated rings. The number of nitrogens with one attached hydrogen (secondary N) is 1. The van der Waals surface area contributed by atoms with Gasteiger partial charge >= 0.3 is 0 Å². The summed E-state index contributed by atoms with van der Waals surface area (Å²) in [5, 5.41) is 3.52. The molecule has 0 aliphatic rings. The number of hydrogen-bond acceptors (Lipinski definition) is 5. The first-order valence-electron chi connectivity index (χ1n) is 7.37. The average molecular weight is 295 g/mol. The van der Waals surface area contributed by atoms with Crippen LogP contribution in [0.4, 0.5) is 5.69 Å². The lowest BCUT2D eigenvalue weighted by Crippen LogP contribution is -2.26. The predicted octanol–water partition coefficient (Wildman–Crippen LogP) is 1.92. The molecule has 1 unspecified atom stereocenters. The van der Waals surface area contributed by atoms with Crippen molar-refractivity contribution in [3.8, 4) is 5.75 Å². The molecule has 0 aromatic heterocycles. The van der Waals surface area contributed by atoms with E-state index in [4.69, 9.17) is 15.2 Å². The molecule has 1 rings (SSSR count). The van der Waals surface area contributed by atoms with Gasteiger partial charge in [-0.1, -0.05) is 6.07 Å². The molecule has 0 amide bonds. The third-order valence-electron chi connectivity index (χ3n) is 3.25. The lowest BCUT2D eigenvalue weighted by molar-refractivity contribution is 0.182. The van der Waals surface area contributed by atoms with E-state index in [1.807, 2.05) is 6.07 Å². The minimum Gasteiger partial charge on any atom is -0.495 e. The summed E-state index contributed by atoms with van der Waals surface area (Å²) in [4.78, 5) is 2.15. The van der Waals surface area contributed by atoms with Crippen LogP contribution in [0.3, 0.4) is 0 Å². The van der Waals surface area contributed by atoms with Crippen molar-refractivity contribution in [3.63, 3.8) is 0 Å². The Kier molecular flexibility index (Phi) is 8.12. The van der Waals surface area contributed by atoms with E-state index in [2.05, 4.69) is 36.4 Å². The zero-order valence-electron chi connectivity index (χ0n) is 13.7. The van der Waals surface area contributed by atoms with Gasteiger partial charge in [-0.2, -0.15) is 0 Å². The number of nitrogens with zero attached hydrogens (tertiary/aromatic N) is 1. The summed E-state index contributed by atoms with van der Waals surface area (Å²) in [5.74, 6) is 0.853. The highest BCUT2D eigenvalue weighted by molar-refractivity contribution is 5.58. The highest BCUT2D eigenvalue weighted by Crippen LogP contribution is 2.27. The zero-order valence-corrected chi connectivity index (χ0v) is 13.7. The molecule has 1 aromatic rings. The van der Waals surface area contributed by atoms with E-state index in [0.717, 1.165) is 30.8 Å². The van der Waals surface area contributed by atoms with Crippen LogP contribution in [-0.4, -0.2) is 52.4 Å². The SMILES string of the molecule is COCC(CCCN)Nc1cc(CN(C)C)ccc1OC. The van der Waals surface area contributed by atoms with Gasteiger partial charge in [0.05, 0.1) is 19.4 Å². The smallest absolute Gasteiger partial charge is 0.141 e. The van der Waals surface area contributed by atoms with Gasteiger partial charge in [-0.15, -0.1) is 0 Å². The Bertz CT molecular complexity index is 411. The number of anilines is 1. The average Bonchev–Trinajstić information content (AvgIpc) is 2.44. The summed E-state index contributed by atoms with van der Waals surface area (Å²) < 4.78 is 10.7. The van der Waals surface area contributed by atoms with Gasteiger partial charge in [0.1, 0.15) is 5.75 Å². The maximum atomic E-state index is 5.60. The molecule has 0 bridgehead atoms. The fraction of sp³-hybridized carbons (Fsp3) is 0.625. The molecule has 5 nitrogen and oxygen atoms in total. The van der Waals surface area contributed by atoms with E-state index in [9.17, 15) is 0 Å². The molecule has 1 atom stereocenters. The molecule has 0 saturated carbocycles. The first-order valence-corrected chi connectivity index (χ1v) is 7.37. The molecule has 0 aliphatic heterocycles. The summed E-state index contributed by atoms with van der Waals surface area (Å²) in [6.45, 7) is 2.25. The van der Waals surface area contributed by atoms with Crippen molar-refractivity contribution in [2.45, 2.75) is 25.4 Å². The Labute approximate surface area is 128 Å². The third-order valence-corrected chi connectivity index (χ3v) is 3.25. The molecule has 3 N–H and O–H groups in total. The molecule has 21 heavy (non-hydrogen) atoms. The lowest BCUT2D eigenvalue weighted by Gasteiger charge is -2.21. The Morgan fingerprint density at radius 3 is 2.62 bits per heavy atom. The molecular formula is C16H29N3O2. The second kappa shape index (κ2) is 9.60. The van der Waals surface area contributed by atoms with E-state index in [1.54, 1.807) is 14.2 Å². The normalized spacial score (nSPS) is 12.5. The van der Waals surface area contributed by atoms with Crippen LogP contribution < -0.4 is 15.8 Å². The highest BCUT2D eigenvalue weighted by Gasteiger charge is 2.12. The van der Waals surface area contributed by atoms with Crippen molar-refractivity contribution in [1.29, 1.82) is 0 Å². The van der Waals surface area contributed by atoms with Crippen molar-refractivity contribution in [1.82, 2.24) is 4.90 Å². The molecule has 0 aliphatic carbocycles. The van der Waals surface area contributed by atoms with Gasteiger partial charge < -0.3 is 25.4 Å².